The maximum atomic E-state index is 12.5. The molecule has 2 aromatic carbocycles. The van der Waals surface area contributed by atoms with Gasteiger partial charge in [-0.2, -0.15) is 0 Å². The topological polar surface area (TPSA) is 48.7 Å². The van der Waals surface area contributed by atoms with Crippen LogP contribution in [0.15, 0.2) is 69.9 Å². The van der Waals surface area contributed by atoms with Crippen LogP contribution < -0.4 is 14.9 Å². The fourth-order valence-electron chi connectivity index (χ4n) is 6.07. The second-order valence-electron chi connectivity index (χ2n) is 13.4. The van der Waals surface area contributed by atoms with Crippen molar-refractivity contribution in [2.45, 2.75) is 142 Å². The van der Waals surface area contributed by atoms with E-state index in [1.807, 2.05) is 72.8 Å². The highest BCUT2D eigenvalue weighted by molar-refractivity contribution is 5.73. The number of hydrogen-bond acceptors (Lipinski definition) is 4. The van der Waals surface area contributed by atoms with Crippen LogP contribution >= 0.6 is 0 Å². The summed E-state index contributed by atoms with van der Waals surface area (Å²) in [6.07, 6.45) is 33.7. The van der Waals surface area contributed by atoms with Crippen molar-refractivity contribution in [3.63, 3.8) is 0 Å². The van der Waals surface area contributed by atoms with E-state index < -0.39 is 0 Å². The summed E-state index contributed by atoms with van der Waals surface area (Å²) in [6, 6.07) is 19.1. The Morgan fingerprint density at radius 3 is 1.20 bits per heavy atom. The average molecular weight is 669 g/mol. The summed E-state index contributed by atoms with van der Waals surface area (Å²) in [6.45, 7) is 5.96. The van der Waals surface area contributed by atoms with Crippen molar-refractivity contribution in [1.82, 2.24) is 0 Å². The summed E-state index contributed by atoms with van der Waals surface area (Å²) in [7, 11) is 0. The van der Waals surface area contributed by atoms with Crippen molar-refractivity contribution in [1.29, 1.82) is 0 Å². The zero-order valence-corrected chi connectivity index (χ0v) is 30.8. The standard InChI is InChI=1S/C45H64O4/c1-3-5-7-9-11-13-15-17-19-25-35-47-44-29-23-21-27-39(44)31-33-42-37-41(46)38-43(49-42)34-32-40-28-22-24-30-45(40)48-36-26-20-18-16-14-12-10-8-6-4-2/h21-24,27-34,37-38H,3-20,25-26,35-36H2,1-2H3/b33-31+,34-32+. The molecule has 0 radical (unpaired) electrons. The SMILES string of the molecule is CCCCCCCCCCCCOc1ccccc1/C=C/c1cc(=O)cc(/C=C/c2ccccc2OCCCCCCCCCCCC)o1. The predicted octanol–water partition coefficient (Wildman–Crippen LogP) is 13.6. The maximum Gasteiger partial charge on any atom is 0.186 e. The van der Waals surface area contributed by atoms with Crippen LogP contribution in [0.25, 0.3) is 24.3 Å². The quantitative estimate of drug-likeness (QED) is 0.0723. The van der Waals surface area contributed by atoms with Gasteiger partial charge in [0.15, 0.2) is 5.43 Å². The molecule has 0 aliphatic rings. The van der Waals surface area contributed by atoms with Gasteiger partial charge in [-0.05, 0) is 49.3 Å². The van der Waals surface area contributed by atoms with Crippen molar-refractivity contribution in [3.05, 3.63) is 93.5 Å². The van der Waals surface area contributed by atoms with Crippen molar-refractivity contribution in [3.8, 4) is 11.5 Å². The van der Waals surface area contributed by atoms with Crippen molar-refractivity contribution in [2.75, 3.05) is 13.2 Å². The third kappa shape index (κ3) is 18.2. The monoisotopic (exact) mass is 668 g/mol. The van der Waals surface area contributed by atoms with Gasteiger partial charge in [-0.1, -0.05) is 166 Å². The van der Waals surface area contributed by atoms with Gasteiger partial charge in [0, 0.05) is 23.3 Å². The minimum absolute atomic E-state index is 0.0958. The molecule has 268 valence electrons. The van der Waals surface area contributed by atoms with Crippen LogP contribution in [0, 0.1) is 0 Å². The first-order chi connectivity index (χ1) is 24.2. The molecule has 4 nitrogen and oxygen atoms in total. The molecule has 0 amide bonds. The lowest BCUT2D eigenvalue weighted by atomic mass is 10.1. The molecule has 49 heavy (non-hydrogen) atoms. The molecule has 0 bridgehead atoms. The zero-order chi connectivity index (χ0) is 34.6. The molecule has 4 heteroatoms. The lowest BCUT2D eigenvalue weighted by Crippen LogP contribution is -1.99. The number of rotatable bonds is 28. The second-order valence-corrected chi connectivity index (χ2v) is 13.4. The number of para-hydroxylation sites is 2. The second kappa shape index (κ2) is 26.4. The van der Waals surface area contributed by atoms with Gasteiger partial charge in [0.25, 0.3) is 0 Å². The minimum atomic E-state index is -0.0958. The maximum absolute atomic E-state index is 12.5. The van der Waals surface area contributed by atoms with E-state index in [1.165, 1.54) is 128 Å². The highest BCUT2D eigenvalue weighted by Gasteiger charge is 2.04. The van der Waals surface area contributed by atoms with Crippen molar-refractivity contribution >= 4 is 24.3 Å². The Balaban J connectivity index is 1.44. The first kappa shape index (κ1) is 39.9. The van der Waals surface area contributed by atoms with Gasteiger partial charge in [0.05, 0.1) is 13.2 Å². The van der Waals surface area contributed by atoms with Gasteiger partial charge in [-0.15, -0.1) is 0 Å². The van der Waals surface area contributed by atoms with Gasteiger partial charge in [-0.25, -0.2) is 0 Å². The Hall–Kier alpha value is -3.53. The van der Waals surface area contributed by atoms with Crippen molar-refractivity contribution < 1.29 is 13.9 Å². The Morgan fingerprint density at radius 2 is 0.816 bits per heavy atom. The summed E-state index contributed by atoms with van der Waals surface area (Å²) in [5.41, 5.74) is 1.83. The van der Waals surface area contributed by atoms with E-state index in [2.05, 4.69) is 13.8 Å². The van der Waals surface area contributed by atoms with E-state index in [-0.39, 0.29) is 5.43 Å². The molecule has 0 atom stereocenters. The number of benzene rings is 2. The molecule has 0 unspecified atom stereocenters. The smallest absolute Gasteiger partial charge is 0.186 e. The van der Waals surface area contributed by atoms with E-state index in [0.29, 0.717) is 24.7 Å². The Kier molecular flexibility index (Phi) is 21.5. The van der Waals surface area contributed by atoms with Gasteiger partial charge in [0.2, 0.25) is 0 Å². The Morgan fingerprint density at radius 1 is 0.469 bits per heavy atom. The van der Waals surface area contributed by atoms with Crippen LogP contribution in [-0.4, -0.2) is 13.2 Å². The molecule has 0 aliphatic carbocycles. The van der Waals surface area contributed by atoms with E-state index in [9.17, 15) is 4.79 Å². The molecule has 0 spiro atoms. The molecular weight excluding hydrogens is 604 g/mol. The molecule has 0 aliphatic heterocycles. The first-order valence-corrected chi connectivity index (χ1v) is 19.6. The highest BCUT2D eigenvalue weighted by Crippen LogP contribution is 2.23. The summed E-state index contributed by atoms with van der Waals surface area (Å²) < 4.78 is 18.4. The van der Waals surface area contributed by atoms with Gasteiger partial charge in [0.1, 0.15) is 23.0 Å². The molecule has 0 fully saturated rings. The summed E-state index contributed by atoms with van der Waals surface area (Å²) in [4.78, 5) is 12.5. The first-order valence-electron chi connectivity index (χ1n) is 19.6. The van der Waals surface area contributed by atoms with Crippen LogP contribution in [0.2, 0.25) is 0 Å². The van der Waals surface area contributed by atoms with E-state index in [4.69, 9.17) is 13.9 Å². The highest BCUT2D eigenvalue weighted by atomic mass is 16.5. The summed E-state index contributed by atoms with van der Waals surface area (Å²) >= 11 is 0. The number of hydrogen-bond donors (Lipinski definition) is 0. The summed E-state index contributed by atoms with van der Waals surface area (Å²) in [5.74, 6) is 2.70. The van der Waals surface area contributed by atoms with E-state index in [0.717, 1.165) is 35.5 Å². The van der Waals surface area contributed by atoms with Gasteiger partial charge in [-0.3, -0.25) is 4.79 Å². The zero-order valence-electron chi connectivity index (χ0n) is 30.8. The van der Waals surface area contributed by atoms with E-state index in [1.54, 1.807) is 0 Å². The lowest BCUT2D eigenvalue weighted by Gasteiger charge is -2.09. The number of ether oxygens (including phenoxy) is 2. The Bertz CT molecular complexity index is 1280. The normalized spacial score (nSPS) is 11.6. The third-order valence-electron chi connectivity index (χ3n) is 9.01. The van der Waals surface area contributed by atoms with Crippen LogP contribution in [0.1, 0.15) is 165 Å². The van der Waals surface area contributed by atoms with Gasteiger partial charge < -0.3 is 13.9 Å². The lowest BCUT2D eigenvalue weighted by molar-refractivity contribution is 0.303. The van der Waals surface area contributed by atoms with Gasteiger partial charge >= 0.3 is 0 Å². The predicted molar refractivity (Wildman–Crippen MR) is 210 cm³/mol. The van der Waals surface area contributed by atoms with Crippen LogP contribution in [0.4, 0.5) is 0 Å². The molecule has 1 aromatic heterocycles. The Labute approximate surface area is 298 Å². The van der Waals surface area contributed by atoms with Crippen LogP contribution in [-0.2, 0) is 0 Å². The molecule has 3 rings (SSSR count). The fraction of sp³-hybridized carbons (Fsp3) is 0.533. The molecule has 3 aromatic rings. The average Bonchev–Trinajstić information content (AvgIpc) is 3.11. The molecular formula is C45H64O4. The molecule has 0 saturated carbocycles. The summed E-state index contributed by atoms with van der Waals surface area (Å²) in [5, 5.41) is 0. The minimum Gasteiger partial charge on any atom is -0.493 e. The van der Waals surface area contributed by atoms with Crippen LogP contribution in [0.3, 0.4) is 0 Å². The van der Waals surface area contributed by atoms with E-state index >= 15 is 0 Å². The largest absolute Gasteiger partial charge is 0.493 e. The third-order valence-corrected chi connectivity index (χ3v) is 9.01. The molecule has 0 N–H and O–H groups in total. The molecule has 1 heterocycles. The van der Waals surface area contributed by atoms with Crippen molar-refractivity contribution in [2.24, 2.45) is 0 Å². The molecule has 0 saturated heterocycles. The number of unbranched alkanes of at least 4 members (excludes halogenated alkanes) is 18. The fourth-order valence-corrected chi connectivity index (χ4v) is 6.07. The van der Waals surface area contributed by atoms with Crippen LogP contribution in [0.5, 0.6) is 11.5 Å².